The number of anilines is 1. The molecule has 0 unspecified atom stereocenters. The Morgan fingerprint density at radius 2 is 1.65 bits per heavy atom. The number of benzene rings is 2. The van der Waals surface area contributed by atoms with Gasteiger partial charge in [-0.25, -0.2) is 0 Å². The molecule has 31 heavy (non-hydrogen) atoms. The number of furan rings is 1. The Morgan fingerprint density at radius 1 is 0.871 bits per heavy atom. The first-order valence-corrected chi connectivity index (χ1v) is 10.0. The van der Waals surface area contributed by atoms with Crippen LogP contribution >= 0.6 is 0 Å². The summed E-state index contributed by atoms with van der Waals surface area (Å²) in [6, 6.07) is 19.8. The van der Waals surface area contributed by atoms with E-state index in [1.54, 1.807) is 42.7 Å². The molecule has 1 aromatic heterocycles. The predicted octanol–water partition coefficient (Wildman–Crippen LogP) is 3.71. The number of hydrogen-bond donors (Lipinski definition) is 2. The van der Waals surface area contributed by atoms with Gasteiger partial charge in [0.1, 0.15) is 5.76 Å². The molecule has 3 aromatic rings. The fourth-order valence-corrected chi connectivity index (χ4v) is 2.83. The summed E-state index contributed by atoms with van der Waals surface area (Å²) in [5.74, 6) is -0.284. The maximum atomic E-state index is 12.1. The minimum atomic E-state index is -0.408. The van der Waals surface area contributed by atoms with E-state index in [0.29, 0.717) is 30.0 Å². The van der Waals surface area contributed by atoms with Crippen molar-refractivity contribution in [2.24, 2.45) is 0 Å². The minimum absolute atomic E-state index is 0.00783. The molecule has 2 amide bonds. The van der Waals surface area contributed by atoms with Crippen LogP contribution in [0.4, 0.5) is 5.69 Å². The summed E-state index contributed by atoms with van der Waals surface area (Å²) < 4.78 is 10.3. The number of carbonyl (C=O) groups is 3. The Morgan fingerprint density at radius 3 is 2.35 bits per heavy atom. The highest BCUT2D eigenvalue weighted by molar-refractivity contribution is 5.96. The monoisotopic (exact) mass is 420 g/mol. The molecule has 0 saturated heterocycles. The van der Waals surface area contributed by atoms with E-state index in [0.717, 1.165) is 5.56 Å². The molecule has 1 heterocycles. The van der Waals surface area contributed by atoms with Crippen molar-refractivity contribution in [2.75, 3.05) is 11.9 Å². The van der Waals surface area contributed by atoms with E-state index < -0.39 is 5.97 Å². The normalized spacial score (nSPS) is 10.3. The third-order valence-corrected chi connectivity index (χ3v) is 4.49. The number of ether oxygens (including phenoxy) is 1. The molecule has 0 spiro atoms. The van der Waals surface area contributed by atoms with Crippen molar-refractivity contribution in [3.05, 3.63) is 89.9 Å². The fourth-order valence-electron chi connectivity index (χ4n) is 2.83. The Hall–Kier alpha value is -3.87. The summed E-state index contributed by atoms with van der Waals surface area (Å²) in [6.07, 6.45) is 2.22. The van der Waals surface area contributed by atoms with Gasteiger partial charge in [-0.1, -0.05) is 30.3 Å². The molecule has 2 N–H and O–H groups in total. The van der Waals surface area contributed by atoms with Gasteiger partial charge < -0.3 is 19.8 Å². The molecule has 0 radical (unpaired) electrons. The standard InChI is InChI=1S/C24H24N2O5/c27-22(12-13-23(28)31-16-14-18-5-2-1-3-6-18)26-20-10-8-19(9-11-20)24(29)25-17-21-7-4-15-30-21/h1-11,15H,12-14,16-17H2,(H,25,29)(H,26,27). The molecule has 0 aliphatic heterocycles. The zero-order chi connectivity index (χ0) is 21.9. The molecule has 0 saturated carbocycles. The van der Waals surface area contributed by atoms with Gasteiger partial charge in [-0.2, -0.15) is 0 Å². The summed E-state index contributed by atoms with van der Waals surface area (Å²) >= 11 is 0. The van der Waals surface area contributed by atoms with Gasteiger partial charge >= 0.3 is 5.97 Å². The number of rotatable bonds is 10. The maximum absolute atomic E-state index is 12.1. The van der Waals surface area contributed by atoms with Crippen molar-refractivity contribution in [3.63, 3.8) is 0 Å². The predicted molar refractivity (Wildman–Crippen MR) is 115 cm³/mol. The Labute approximate surface area is 180 Å². The smallest absolute Gasteiger partial charge is 0.306 e. The van der Waals surface area contributed by atoms with Crippen molar-refractivity contribution in [2.45, 2.75) is 25.8 Å². The Bertz CT molecular complexity index is 983. The van der Waals surface area contributed by atoms with Crippen molar-refractivity contribution < 1.29 is 23.5 Å². The molecule has 0 aliphatic rings. The lowest BCUT2D eigenvalue weighted by molar-refractivity contribution is -0.144. The average molecular weight is 420 g/mol. The van der Waals surface area contributed by atoms with E-state index >= 15 is 0 Å². The minimum Gasteiger partial charge on any atom is -0.467 e. The van der Waals surface area contributed by atoms with Crippen molar-refractivity contribution in [1.82, 2.24) is 5.32 Å². The van der Waals surface area contributed by atoms with Crippen LogP contribution in [0.2, 0.25) is 0 Å². The molecule has 7 nitrogen and oxygen atoms in total. The van der Waals surface area contributed by atoms with Crippen molar-refractivity contribution in [3.8, 4) is 0 Å². The van der Waals surface area contributed by atoms with Crippen LogP contribution in [0, 0.1) is 0 Å². The van der Waals surface area contributed by atoms with Crippen molar-refractivity contribution in [1.29, 1.82) is 0 Å². The highest BCUT2D eigenvalue weighted by Gasteiger charge is 2.10. The number of nitrogens with one attached hydrogen (secondary N) is 2. The highest BCUT2D eigenvalue weighted by Crippen LogP contribution is 2.11. The van der Waals surface area contributed by atoms with E-state index in [1.165, 1.54) is 0 Å². The van der Waals surface area contributed by atoms with Gasteiger partial charge in [0, 0.05) is 24.1 Å². The van der Waals surface area contributed by atoms with E-state index in [2.05, 4.69) is 10.6 Å². The zero-order valence-electron chi connectivity index (χ0n) is 17.0. The van der Waals surface area contributed by atoms with Crippen LogP contribution in [0.3, 0.4) is 0 Å². The highest BCUT2D eigenvalue weighted by atomic mass is 16.5. The third kappa shape index (κ3) is 7.47. The van der Waals surface area contributed by atoms with E-state index in [4.69, 9.17) is 9.15 Å². The van der Waals surface area contributed by atoms with Crippen LogP contribution in [0.5, 0.6) is 0 Å². The van der Waals surface area contributed by atoms with Gasteiger partial charge in [-0.3, -0.25) is 14.4 Å². The first-order valence-electron chi connectivity index (χ1n) is 10.0. The van der Waals surface area contributed by atoms with Crippen molar-refractivity contribution >= 4 is 23.5 Å². The fraction of sp³-hybridized carbons (Fsp3) is 0.208. The summed E-state index contributed by atoms with van der Waals surface area (Å²) in [6.45, 7) is 0.583. The first kappa shape index (κ1) is 21.8. The molecule has 0 atom stereocenters. The van der Waals surface area contributed by atoms with Crippen LogP contribution in [0.25, 0.3) is 0 Å². The van der Waals surface area contributed by atoms with E-state index in [1.807, 2.05) is 30.3 Å². The van der Waals surface area contributed by atoms with Gasteiger partial charge in [0.2, 0.25) is 5.91 Å². The lowest BCUT2D eigenvalue weighted by Crippen LogP contribution is -2.22. The van der Waals surface area contributed by atoms with Gasteiger partial charge in [0.15, 0.2) is 0 Å². The van der Waals surface area contributed by atoms with E-state index in [9.17, 15) is 14.4 Å². The van der Waals surface area contributed by atoms with Gasteiger partial charge in [0.05, 0.1) is 25.8 Å². The second-order valence-corrected chi connectivity index (χ2v) is 6.84. The number of hydrogen-bond acceptors (Lipinski definition) is 5. The van der Waals surface area contributed by atoms with Gasteiger partial charge in [-0.05, 0) is 42.0 Å². The maximum Gasteiger partial charge on any atom is 0.306 e. The molecule has 160 valence electrons. The SMILES string of the molecule is O=C(CCC(=O)OCCc1ccccc1)Nc1ccc(C(=O)NCc2ccco2)cc1. The van der Waals surface area contributed by atoms with E-state index in [-0.39, 0.29) is 31.3 Å². The second-order valence-electron chi connectivity index (χ2n) is 6.84. The second kappa shape index (κ2) is 11.3. The average Bonchev–Trinajstić information content (AvgIpc) is 3.31. The van der Waals surface area contributed by atoms with Gasteiger partial charge in [-0.15, -0.1) is 0 Å². The molecule has 0 bridgehead atoms. The van der Waals surface area contributed by atoms with Crippen LogP contribution in [0.15, 0.2) is 77.4 Å². The number of carbonyl (C=O) groups excluding carboxylic acids is 3. The molecular formula is C24H24N2O5. The van der Waals surface area contributed by atoms with Gasteiger partial charge in [0.25, 0.3) is 5.91 Å². The number of amides is 2. The number of esters is 1. The summed E-state index contributed by atoms with van der Waals surface area (Å²) in [5.41, 5.74) is 2.10. The Balaban J connectivity index is 1.35. The van der Waals surface area contributed by atoms with Crippen LogP contribution in [-0.4, -0.2) is 24.4 Å². The van der Waals surface area contributed by atoms with Crippen LogP contribution in [0.1, 0.15) is 34.5 Å². The molecule has 3 rings (SSSR count). The summed E-state index contributed by atoms with van der Waals surface area (Å²) in [7, 11) is 0. The Kier molecular flexibility index (Phi) is 7.99. The van der Waals surface area contributed by atoms with Crippen LogP contribution in [-0.2, 0) is 27.3 Å². The third-order valence-electron chi connectivity index (χ3n) is 4.49. The molecular weight excluding hydrogens is 396 g/mol. The zero-order valence-corrected chi connectivity index (χ0v) is 17.0. The summed E-state index contributed by atoms with van der Waals surface area (Å²) in [5, 5.41) is 5.46. The lowest BCUT2D eigenvalue weighted by atomic mass is 10.2. The summed E-state index contributed by atoms with van der Waals surface area (Å²) in [4.78, 5) is 36.0. The first-order chi connectivity index (χ1) is 15.1. The molecule has 2 aromatic carbocycles. The lowest BCUT2D eigenvalue weighted by Gasteiger charge is -2.08. The topological polar surface area (TPSA) is 97.6 Å². The molecule has 0 aliphatic carbocycles. The quantitative estimate of drug-likeness (QED) is 0.487. The largest absolute Gasteiger partial charge is 0.467 e. The van der Waals surface area contributed by atoms with Crippen LogP contribution < -0.4 is 10.6 Å². The molecule has 0 fully saturated rings. The molecule has 7 heteroatoms.